The highest BCUT2D eigenvalue weighted by Crippen LogP contribution is 2.16. The summed E-state index contributed by atoms with van der Waals surface area (Å²) < 4.78 is 4.63. The van der Waals surface area contributed by atoms with Gasteiger partial charge in [-0.2, -0.15) is 0 Å². The molecule has 22 heavy (non-hydrogen) atoms. The standard InChI is InChI=1S/C17H18N2O3/c1-19(2)15-6-4-5-13(11-15)16(20)18-14-9-7-12(8-10-14)17(21)22-3/h4-11H,1-3H3,(H,18,20). The maximum atomic E-state index is 12.2. The summed E-state index contributed by atoms with van der Waals surface area (Å²) in [5.41, 5.74) is 2.58. The molecule has 2 rings (SSSR count). The van der Waals surface area contributed by atoms with Gasteiger partial charge in [-0.1, -0.05) is 6.07 Å². The number of nitrogens with one attached hydrogen (secondary N) is 1. The molecule has 0 radical (unpaired) electrons. The summed E-state index contributed by atoms with van der Waals surface area (Å²) in [6.45, 7) is 0. The molecule has 0 saturated heterocycles. The van der Waals surface area contributed by atoms with Gasteiger partial charge < -0.3 is 15.0 Å². The Bertz CT molecular complexity index is 679. The van der Waals surface area contributed by atoms with E-state index in [2.05, 4.69) is 10.1 Å². The van der Waals surface area contributed by atoms with Crippen LogP contribution in [-0.2, 0) is 4.74 Å². The summed E-state index contributed by atoms with van der Waals surface area (Å²) in [6, 6.07) is 13.9. The van der Waals surface area contributed by atoms with Gasteiger partial charge in [-0.3, -0.25) is 4.79 Å². The van der Waals surface area contributed by atoms with Crippen molar-refractivity contribution in [1.29, 1.82) is 0 Å². The number of hydrogen-bond acceptors (Lipinski definition) is 4. The van der Waals surface area contributed by atoms with Gasteiger partial charge in [0.25, 0.3) is 5.91 Å². The average molecular weight is 298 g/mol. The van der Waals surface area contributed by atoms with Crippen LogP contribution >= 0.6 is 0 Å². The molecular weight excluding hydrogens is 280 g/mol. The minimum Gasteiger partial charge on any atom is -0.465 e. The predicted molar refractivity (Wildman–Crippen MR) is 86.5 cm³/mol. The van der Waals surface area contributed by atoms with Gasteiger partial charge in [-0.15, -0.1) is 0 Å². The SMILES string of the molecule is COC(=O)c1ccc(NC(=O)c2cccc(N(C)C)c2)cc1. The first-order chi connectivity index (χ1) is 10.5. The molecule has 0 aliphatic rings. The zero-order valence-corrected chi connectivity index (χ0v) is 12.8. The largest absolute Gasteiger partial charge is 0.465 e. The van der Waals surface area contributed by atoms with Crippen molar-refractivity contribution < 1.29 is 14.3 Å². The maximum absolute atomic E-state index is 12.2. The van der Waals surface area contributed by atoms with E-state index in [0.29, 0.717) is 16.8 Å². The van der Waals surface area contributed by atoms with Crippen LogP contribution < -0.4 is 10.2 Å². The molecule has 0 aromatic heterocycles. The third-order valence-electron chi connectivity index (χ3n) is 3.19. The van der Waals surface area contributed by atoms with Crippen molar-refractivity contribution in [3.8, 4) is 0 Å². The number of carbonyl (C=O) groups excluding carboxylic acids is 2. The topological polar surface area (TPSA) is 58.6 Å². The van der Waals surface area contributed by atoms with E-state index in [1.165, 1.54) is 7.11 Å². The highest BCUT2D eigenvalue weighted by molar-refractivity contribution is 6.05. The summed E-state index contributed by atoms with van der Waals surface area (Å²) in [6.07, 6.45) is 0. The third kappa shape index (κ3) is 3.63. The van der Waals surface area contributed by atoms with Gasteiger partial charge in [0.1, 0.15) is 0 Å². The molecule has 2 aromatic rings. The van der Waals surface area contributed by atoms with Crippen LogP contribution in [0.2, 0.25) is 0 Å². The molecule has 0 aliphatic heterocycles. The van der Waals surface area contributed by atoms with E-state index >= 15 is 0 Å². The molecule has 0 saturated carbocycles. The Morgan fingerprint density at radius 3 is 2.27 bits per heavy atom. The first-order valence-electron chi connectivity index (χ1n) is 6.78. The number of ether oxygens (including phenoxy) is 1. The lowest BCUT2D eigenvalue weighted by Gasteiger charge is -2.13. The van der Waals surface area contributed by atoms with E-state index in [1.807, 2.05) is 37.2 Å². The van der Waals surface area contributed by atoms with E-state index < -0.39 is 5.97 Å². The van der Waals surface area contributed by atoms with Crippen LogP contribution in [0.3, 0.4) is 0 Å². The minimum atomic E-state index is -0.406. The summed E-state index contributed by atoms with van der Waals surface area (Å²) in [4.78, 5) is 25.5. The zero-order valence-electron chi connectivity index (χ0n) is 12.8. The fourth-order valence-corrected chi connectivity index (χ4v) is 1.94. The van der Waals surface area contributed by atoms with Gasteiger partial charge >= 0.3 is 5.97 Å². The Labute approximate surface area is 129 Å². The first kappa shape index (κ1) is 15.6. The summed E-state index contributed by atoms with van der Waals surface area (Å²) in [5.74, 6) is -0.605. The number of amides is 1. The number of methoxy groups -OCH3 is 1. The maximum Gasteiger partial charge on any atom is 0.337 e. The van der Waals surface area contributed by atoms with Crippen molar-refractivity contribution in [3.63, 3.8) is 0 Å². The lowest BCUT2D eigenvalue weighted by molar-refractivity contribution is 0.0600. The molecule has 1 N–H and O–H groups in total. The van der Waals surface area contributed by atoms with Crippen LogP contribution in [0.1, 0.15) is 20.7 Å². The molecule has 0 bridgehead atoms. The number of anilines is 2. The molecule has 0 fully saturated rings. The fraction of sp³-hybridized carbons (Fsp3) is 0.176. The number of hydrogen-bond donors (Lipinski definition) is 1. The second kappa shape index (κ2) is 6.76. The fourth-order valence-electron chi connectivity index (χ4n) is 1.94. The van der Waals surface area contributed by atoms with Gasteiger partial charge in [0.2, 0.25) is 0 Å². The second-order valence-corrected chi connectivity index (χ2v) is 4.97. The van der Waals surface area contributed by atoms with Crippen molar-refractivity contribution >= 4 is 23.3 Å². The van der Waals surface area contributed by atoms with Crippen LogP contribution in [0, 0.1) is 0 Å². The third-order valence-corrected chi connectivity index (χ3v) is 3.19. The lowest BCUT2D eigenvalue weighted by Crippen LogP contribution is -2.14. The van der Waals surface area contributed by atoms with Gasteiger partial charge in [0, 0.05) is 31.0 Å². The van der Waals surface area contributed by atoms with Crippen LogP contribution in [-0.4, -0.2) is 33.1 Å². The zero-order chi connectivity index (χ0) is 16.1. The molecular formula is C17H18N2O3. The minimum absolute atomic E-state index is 0.200. The number of benzene rings is 2. The van der Waals surface area contributed by atoms with Crippen molar-refractivity contribution in [2.75, 3.05) is 31.4 Å². The number of nitrogens with zero attached hydrogens (tertiary/aromatic N) is 1. The van der Waals surface area contributed by atoms with Crippen molar-refractivity contribution in [1.82, 2.24) is 0 Å². The molecule has 0 heterocycles. The van der Waals surface area contributed by atoms with E-state index in [9.17, 15) is 9.59 Å². The quantitative estimate of drug-likeness (QED) is 0.882. The summed E-state index contributed by atoms with van der Waals surface area (Å²) in [5, 5.41) is 2.80. The molecule has 5 nitrogen and oxygen atoms in total. The average Bonchev–Trinajstić information content (AvgIpc) is 2.54. The van der Waals surface area contributed by atoms with Crippen LogP contribution in [0.15, 0.2) is 48.5 Å². The monoisotopic (exact) mass is 298 g/mol. The van der Waals surface area contributed by atoms with E-state index in [0.717, 1.165) is 5.69 Å². The first-order valence-corrected chi connectivity index (χ1v) is 6.78. The van der Waals surface area contributed by atoms with Gasteiger partial charge in [-0.25, -0.2) is 4.79 Å². The highest BCUT2D eigenvalue weighted by atomic mass is 16.5. The Kier molecular flexibility index (Phi) is 4.78. The lowest BCUT2D eigenvalue weighted by atomic mass is 10.1. The van der Waals surface area contributed by atoms with Crippen molar-refractivity contribution in [2.45, 2.75) is 0 Å². The molecule has 2 aromatic carbocycles. The molecule has 114 valence electrons. The van der Waals surface area contributed by atoms with E-state index in [1.54, 1.807) is 30.3 Å². The Hall–Kier alpha value is -2.82. The normalized spacial score (nSPS) is 9.95. The van der Waals surface area contributed by atoms with E-state index in [4.69, 9.17) is 0 Å². The molecule has 1 amide bonds. The van der Waals surface area contributed by atoms with Crippen molar-refractivity contribution in [3.05, 3.63) is 59.7 Å². The van der Waals surface area contributed by atoms with Gasteiger partial charge in [0.05, 0.1) is 12.7 Å². The molecule has 0 spiro atoms. The summed E-state index contributed by atoms with van der Waals surface area (Å²) in [7, 11) is 5.17. The van der Waals surface area contributed by atoms with Gasteiger partial charge in [0.15, 0.2) is 0 Å². The Balaban J connectivity index is 2.12. The highest BCUT2D eigenvalue weighted by Gasteiger charge is 2.09. The predicted octanol–water partition coefficient (Wildman–Crippen LogP) is 2.79. The smallest absolute Gasteiger partial charge is 0.337 e. The second-order valence-electron chi connectivity index (χ2n) is 4.97. The van der Waals surface area contributed by atoms with Gasteiger partial charge in [-0.05, 0) is 42.5 Å². The van der Waals surface area contributed by atoms with Crippen LogP contribution in [0.4, 0.5) is 11.4 Å². The molecule has 0 unspecified atom stereocenters. The summed E-state index contributed by atoms with van der Waals surface area (Å²) >= 11 is 0. The van der Waals surface area contributed by atoms with Crippen molar-refractivity contribution in [2.24, 2.45) is 0 Å². The van der Waals surface area contributed by atoms with Crippen LogP contribution in [0.5, 0.6) is 0 Å². The molecule has 0 atom stereocenters. The van der Waals surface area contributed by atoms with Crippen LogP contribution in [0.25, 0.3) is 0 Å². The molecule has 0 aliphatic carbocycles. The Morgan fingerprint density at radius 1 is 1.00 bits per heavy atom. The van der Waals surface area contributed by atoms with E-state index in [-0.39, 0.29) is 5.91 Å². The Morgan fingerprint density at radius 2 is 1.68 bits per heavy atom. The molecule has 5 heteroatoms. The number of esters is 1. The number of carbonyl (C=O) groups is 2. The number of rotatable bonds is 4.